The second kappa shape index (κ2) is 8.73. The minimum absolute atomic E-state index is 0.0122. The molecular weight excluding hydrogens is 402 g/mol. The van der Waals surface area contributed by atoms with Gasteiger partial charge in [0, 0.05) is 12.3 Å². The van der Waals surface area contributed by atoms with Gasteiger partial charge in [0.1, 0.15) is 18.1 Å². The van der Waals surface area contributed by atoms with Gasteiger partial charge in [0.2, 0.25) is 0 Å². The molecular formula is C18H28FN4O5P. The molecule has 0 bridgehead atoms. The van der Waals surface area contributed by atoms with Crippen molar-refractivity contribution in [3.8, 4) is 0 Å². The molecule has 0 spiro atoms. The number of rotatable bonds is 8. The Labute approximate surface area is 169 Å². The Morgan fingerprint density at radius 1 is 1.31 bits per heavy atom. The largest absolute Gasteiger partial charge is 0.472 e. The predicted molar refractivity (Wildman–Crippen MR) is 104 cm³/mol. The summed E-state index contributed by atoms with van der Waals surface area (Å²) >= 11 is 0. The fourth-order valence-corrected chi connectivity index (χ4v) is 4.55. The molecule has 2 aromatic heterocycles. The Morgan fingerprint density at radius 3 is 2.72 bits per heavy atom. The van der Waals surface area contributed by atoms with Gasteiger partial charge in [-0.25, -0.2) is 23.9 Å². The third kappa shape index (κ3) is 5.00. The van der Waals surface area contributed by atoms with E-state index in [1.165, 1.54) is 20.2 Å². The van der Waals surface area contributed by atoms with Crippen LogP contribution in [-0.2, 0) is 18.3 Å². The topological polar surface area (TPSA) is 109 Å². The normalized spacial score (nSPS) is 29.1. The first-order chi connectivity index (χ1) is 13.6. The molecule has 3 rings (SSSR count). The highest BCUT2D eigenvalue weighted by Crippen LogP contribution is 2.47. The van der Waals surface area contributed by atoms with Crippen LogP contribution in [0.4, 0.5) is 4.39 Å². The lowest BCUT2D eigenvalue weighted by atomic mass is 9.93. The lowest BCUT2D eigenvalue weighted by Crippen LogP contribution is -2.22. The van der Waals surface area contributed by atoms with Crippen LogP contribution in [0.25, 0.3) is 11.2 Å². The van der Waals surface area contributed by atoms with Crippen molar-refractivity contribution in [2.75, 3.05) is 6.61 Å². The Bertz CT molecular complexity index is 894. The molecule has 0 aromatic carbocycles. The summed E-state index contributed by atoms with van der Waals surface area (Å²) in [5.41, 5.74) is 2.16. The minimum atomic E-state index is -4.32. The zero-order valence-corrected chi connectivity index (χ0v) is 18.1. The summed E-state index contributed by atoms with van der Waals surface area (Å²) in [5, 5.41) is 0. The Balaban J connectivity index is 1.66. The molecule has 1 fully saturated rings. The van der Waals surface area contributed by atoms with E-state index in [-0.39, 0.29) is 31.1 Å². The lowest BCUT2D eigenvalue weighted by Gasteiger charge is -2.21. The highest BCUT2D eigenvalue weighted by Gasteiger charge is 2.42. The summed E-state index contributed by atoms with van der Waals surface area (Å²) in [7, 11) is -4.32. The molecule has 1 aliphatic heterocycles. The molecule has 0 saturated carbocycles. The van der Waals surface area contributed by atoms with E-state index < -0.39 is 26.2 Å². The fraction of sp³-hybridized carbons (Fsp3) is 0.722. The second-order valence-electron chi connectivity index (χ2n) is 7.76. The van der Waals surface area contributed by atoms with E-state index in [1.807, 2.05) is 25.3 Å². The zero-order chi connectivity index (χ0) is 21.3. The molecule has 1 saturated heterocycles. The number of phosphoric acid groups is 1. The number of halogens is 1. The second-order valence-corrected chi connectivity index (χ2v) is 9.17. The van der Waals surface area contributed by atoms with Crippen molar-refractivity contribution >= 4 is 19.0 Å². The Morgan fingerprint density at radius 2 is 2.03 bits per heavy atom. The van der Waals surface area contributed by atoms with E-state index in [0.29, 0.717) is 11.2 Å². The standard InChI is InChI=1S/C18H28FN4O5P/c1-10(19)6-11(2)28-29(24,25)26-7-15-12(3)13(4)18(27-15)23-9-22-16-14(5)20-8-21-17(16)23/h8-13,15,18H,6-7H2,1-5H3,(H,24,25)/t10-,11+,12?,13?,15?,18?/m1/s1. The van der Waals surface area contributed by atoms with Gasteiger partial charge < -0.3 is 9.63 Å². The maximum Gasteiger partial charge on any atom is 0.472 e. The number of phosphoric ester groups is 1. The SMILES string of the molecule is Cc1ncnc2c1ncn2C1OC(COP(=O)(O)O[C@@H](C)C[C@@H](C)F)C(C)C1C. The number of nitrogens with zero attached hydrogens (tertiary/aromatic N) is 4. The monoisotopic (exact) mass is 430 g/mol. The summed E-state index contributed by atoms with van der Waals surface area (Å²) in [6, 6.07) is 0. The van der Waals surface area contributed by atoms with Gasteiger partial charge in [-0.15, -0.1) is 0 Å². The van der Waals surface area contributed by atoms with Gasteiger partial charge in [-0.1, -0.05) is 13.8 Å². The van der Waals surface area contributed by atoms with Gasteiger partial charge in [0.15, 0.2) is 5.65 Å². The molecule has 1 aliphatic rings. The third-order valence-corrected chi connectivity index (χ3v) is 6.47. The minimum Gasteiger partial charge on any atom is -0.352 e. The van der Waals surface area contributed by atoms with E-state index in [2.05, 4.69) is 15.0 Å². The van der Waals surface area contributed by atoms with Gasteiger partial charge in [0.25, 0.3) is 0 Å². The van der Waals surface area contributed by atoms with Crippen LogP contribution in [-0.4, -0.2) is 49.4 Å². The number of aryl methyl sites for hydroxylation is 1. The van der Waals surface area contributed by atoms with Crippen LogP contribution in [0.15, 0.2) is 12.7 Å². The van der Waals surface area contributed by atoms with Crippen LogP contribution in [0.1, 0.15) is 46.0 Å². The molecule has 0 amide bonds. The summed E-state index contributed by atoms with van der Waals surface area (Å²) in [5.74, 6) is 0.130. The average molecular weight is 430 g/mol. The van der Waals surface area contributed by atoms with Crippen molar-refractivity contribution < 1.29 is 27.6 Å². The van der Waals surface area contributed by atoms with Crippen LogP contribution < -0.4 is 0 Å². The van der Waals surface area contributed by atoms with Gasteiger partial charge >= 0.3 is 7.82 Å². The first-order valence-corrected chi connectivity index (χ1v) is 11.2. The number of aromatic nitrogens is 4. The Hall–Kier alpha value is -1.45. The van der Waals surface area contributed by atoms with Gasteiger partial charge in [-0.05, 0) is 26.7 Å². The number of hydrogen-bond donors (Lipinski definition) is 1. The molecule has 2 aromatic rings. The number of imidazole rings is 1. The molecule has 0 aliphatic carbocycles. The summed E-state index contributed by atoms with van der Waals surface area (Å²) in [4.78, 5) is 22.8. The number of alkyl halides is 1. The molecule has 5 unspecified atom stereocenters. The van der Waals surface area contributed by atoms with Crippen LogP contribution in [0, 0.1) is 18.8 Å². The first-order valence-electron chi connectivity index (χ1n) is 9.68. The quantitative estimate of drug-likeness (QED) is 0.633. The molecule has 29 heavy (non-hydrogen) atoms. The average Bonchev–Trinajstić information content (AvgIpc) is 3.15. The van der Waals surface area contributed by atoms with Crippen molar-refractivity contribution in [1.82, 2.24) is 19.5 Å². The van der Waals surface area contributed by atoms with E-state index in [0.717, 1.165) is 5.69 Å². The Kier molecular flexibility index (Phi) is 6.70. The van der Waals surface area contributed by atoms with E-state index >= 15 is 0 Å². The predicted octanol–water partition coefficient (Wildman–Crippen LogP) is 3.57. The zero-order valence-electron chi connectivity index (χ0n) is 17.2. The smallest absolute Gasteiger partial charge is 0.352 e. The number of ether oxygens (including phenoxy) is 1. The molecule has 9 nitrogen and oxygen atoms in total. The van der Waals surface area contributed by atoms with Gasteiger partial charge in [-0.2, -0.15) is 0 Å². The fourth-order valence-electron chi connectivity index (χ4n) is 3.62. The summed E-state index contributed by atoms with van der Waals surface area (Å²) < 4.78 is 43.3. The third-order valence-electron chi connectivity index (χ3n) is 5.37. The number of fused-ring (bicyclic) bond motifs is 1. The van der Waals surface area contributed by atoms with Crippen molar-refractivity contribution in [2.24, 2.45) is 11.8 Å². The van der Waals surface area contributed by atoms with E-state index in [9.17, 15) is 13.8 Å². The number of hydrogen-bond acceptors (Lipinski definition) is 7. The van der Waals surface area contributed by atoms with Crippen LogP contribution >= 0.6 is 7.82 Å². The summed E-state index contributed by atoms with van der Waals surface area (Å²) in [6.07, 6.45) is 0.528. The molecule has 7 atom stereocenters. The molecule has 11 heteroatoms. The van der Waals surface area contributed by atoms with Crippen molar-refractivity contribution in [3.05, 3.63) is 18.3 Å². The van der Waals surface area contributed by atoms with Gasteiger partial charge in [-0.3, -0.25) is 13.6 Å². The molecule has 162 valence electrons. The van der Waals surface area contributed by atoms with Crippen LogP contribution in [0.5, 0.6) is 0 Å². The highest BCUT2D eigenvalue weighted by atomic mass is 31.2. The summed E-state index contributed by atoms with van der Waals surface area (Å²) in [6.45, 7) is 8.68. The van der Waals surface area contributed by atoms with Crippen molar-refractivity contribution in [1.29, 1.82) is 0 Å². The molecule has 0 radical (unpaired) electrons. The highest BCUT2D eigenvalue weighted by molar-refractivity contribution is 7.47. The lowest BCUT2D eigenvalue weighted by molar-refractivity contribution is -0.0364. The maximum absolute atomic E-state index is 13.0. The molecule has 3 heterocycles. The van der Waals surface area contributed by atoms with Gasteiger partial charge in [0.05, 0.1) is 37.0 Å². The first kappa shape index (κ1) is 22.2. The maximum atomic E-state index is 13.0. The van der Waals surface area contributed by atoms with Crippen molar-refractivity contribution in [2.45, 2.75) is 65.6 Å². The van der Waals surface area contributed by atoms with E-state index in [1.54, 1.807) is 6.33 Å². The van der Waals surface area contributed by atoms with Crippen molar-refractivity contribution in [3.63, 3.8) is 0 Å². The van der Waals surface area contributed by atoms with E-state index in [4.69, 9.17) is 13.8 Å². The van der Waals surface area contributed by atoms with Crippen LogP contribution in [0.2, 0.25) is 0 Å². The molecule has 1 N–H and O–H groups in total. The van der Waals surface area contributed by atoms with Crippen LogP contribution in [0.3, 0.4) is 0 Å².